The molecule has 4 N–H and O–H groups in total. The van der Waals surface area contributed by atoms with Crippen LogP contribution in [0.5, 0.6) is 0 Å². The van der Waals surface area contributed by atoms with Gasteiger partial charge in [0.15, 0.2) is 11.9 Å². The summed E-state index contributed by atoms with van der Waals surface area (Å²) in [6, 6.07) is 8.42. The van der Waals surface area contributed by atoms with Crippen LogP contribution in [-0.2, 0) is 4.79 Å². The number of aliphatic hydroxyl groups excluding tert-OH is 1. The van der Waals surface area contributed by atoms with E-state index in [1.54, 1.807) is 18.2 Å². The molecule has 2 rings (SSSR count). The van der Waals surface area contributed by atoms with E-state index in [1.165, 1.54) is 13.1 Å². The number of nitrogens with zero attached hydrogens (tertiary/aromatic N) is 1. The SMILES string of the molecule is CNC(=O)c1cc(NC(=O)C(O)c2cccc(C)c2)n[nH]1. The van der Waals surface area contributed by atoms with Gasteiger partial charge in [0, 0.05) is 13.1 Å². The minimum absolute atomic E-state index is 0.172. The van der Waals surface area contributed by atoms with Gasteiger partial charge in [0.25, 0.3) is 11.8 Å². The lowest BCUT2D eigenvalue weighted by atomic mass is 10.1. The van der Waals surface area contributed by atoms with E-state index in [0.717, 1.165) is 5.56 Å². The fourth-order valence-corrected chi connectivity index (χ4v) is 1.82. The molecular formula is C14H16N4O3. The van der Waals surface area contributed by atoms with Crippen LogP contribution in [0.3, 0.4) is 0 Å². The first kappa shape index (κ1) is 14.7. The third kappa shape index (κ3) is 3.46. The third-order valence-electron chi connectivity index (χ3n) is 2.91. The molecule has 1 heterocycles. The van der Waals surface area contributed by atoms with Gasteiger partial charge in [-0.15, -0.1) is 0 Å². The molecule has 7 nitrogen and oxygen atoms in total. The Morgan fingerprint density at radius 2 is 2.10 bits per heavy atom. The van der Waals surface area contributed by atoms with Crippen molar-refractivity contribution in [1.29, 1.82) is 0 Å². The number of rotatable bonds is 4. The number of aryl methyl sites for hydroxylation is 1. The Balaban J connectivity index is 2.07. The van der Waals surface area contributed by atoms with Gasteiger partial charge < -0.3 is 15.7 Å². The second kappa shape index (κ2) is 6.19. The Morgan fingerprint density at radius 1 is 1.33 bits per heavy atom. The fourth-order valence-electron chi connectivity index (χ4n) is 1.82. The van der Waals surface area contributed by atoms with Crippen LogP contribution in [0.25, 0.3) is 0 Å². The molecule has 0 aliphatic heterocycles. The average molecular weight is 288 g/mol. The summed E-state index contributed by atoms with van der Waals surface area (Å²) in [7, 11) is 1.49. The normalized spacial score (nSPS) is 11.8. The standard InChI is InChI=1S/C14H16N4O3/c1-8-4-3-5-9(6-8)12(19)14(21)16-11-7-10(17-18-11)13(20)15-2/h3-7,12,19H,1-2H3,(H,15,20)(H2,16,17,18,21). The summed E-state index contributed by atoms with van der Waals surface area (Å²) in [4.78, 5) is 23.3. The van der Waals surface area contributed by atoms with Gasteiger partial charge in [-0.25, -0.2) is 0 Å². The van der Waals surface area contributed by atoms with E-state index in [-0.39, 0.29) is 17.4 Å². The molecule has 1 aromatic heterocycles. The molecule has 0 saturated heterocycles. The van der Waals surface area contributed by atoms with Gasteiger partial charge in [-0.3, -0.25) is 14.7 Å². The third-order valence-corrected chi connectivity index (χ3v) is 2.91. The van der Waals surface area contributed by atoms with E-state index < -0.39 is 12.0 Å². The Morgan fingerprint density at radius 3 is 2.76 bits per heavy atom. The number of carbonyl (C=O) groups is 2. The number of aromatic nitrogens is 2. The van der Waals surface area contributed by atoms with Crippen molar-refractivity contribution in [3.8, 4) is 0 Å². The number of H-pyrrole nitrogens is 1. The van der Waals surface area contributed by atoms with E-state index in [0.29, 0.717) is 5.56 Å². The highest BCUT2D eigenvalue weighted by Crippen LogP contribution is 2.16. The number of aromatic amines is 1. The predicted molar refractivity (Wildman–Crippen MR) is 76.7 cm³/mol. The zero-order valence-corrected chi connectivity index (χ0v) is 11.7. The number of amides is 2. The molecule has 0 saturated carbocycles. The van der Waals surface area contributed by atoms with Crippen molar-refractivity contribution < 1.29 is 14.7 Å². The molecule has 0 radical (unpaired) electrons. The van der Waals surface area contributed by atoms with Crippen molar-refractivity contribution >= 4 is 17.6 Å². The molecule has 0 fully saturated rings. The van der Waals surface area contributed by atoms with Crippen molar-refractivity contribution in [3.05, 3.63) is 47.2 Å². The number of hydrogen-bond acceptors (Lipinski definition) is 4. The second-order valence-electron chi connectivity index (χ2n) is 4.55. The van der Waals surface area contributed by atoms with Crippen LogP contribution < -0.4 is 10.6 Å². The van der Waals surface area contributed by atoms with Crippen LogP contribution in [-0.4, -0.2) is 34.2 Å². The zero-order chi connectivity index (χ0) is 15.4. The predicted octanol–water partition coefficient (Wildman–Crippen LogP) is 0.750. The first-order valence-electron chi connectivity index (χ1n) is 6.34. The summed E-state index contributed by atoms with van der Waals surface area (Å²) in [5, 5.41) is 21.2. The molecule has 2 amide bonds. The second-order valence-corrected chi connectivity index (χ2v) is 4.55. The van der Waals surface area contributed by atoms with Crippen LogP contribution in [0, 0.1) is 6.92 Å². The highest BCUT2D eigenvalue weighted by Gasteiger charge is 2.19. The number of hydrogen-bond donors (Lipinski definition) is 4. The van der Waals surface area contributed by atoms with Crippen molar-refractivity contribution in [2.24, 2.45) is 0 Å². The van der Waals surface area contributed by atoms with Gasteiger partial charge >= 0.3 is 0 Å². The van der Waals surface area contributed by atoms with E-state index >= 15 is 0 Å². The monoisotopic (exact) mass is 288 g/mol. The Labute approximate surface area is 121 Å². The van der Waals surface area contributed by atoms with Gasteiger partial charge in [-0.2, -0.15) is 5.10 Å². The maximum atomic E-state index is 12.0. The van der Waals surface area contributed by atoms with Crippen molar-refractivity contribution in [2.75, 3.05) is 12.4 Å². The largest absolute Gasteiger partial charge is 0.378 e. The Kier molecular flexibility index (Phi) is 4.34. The van der Waals surface area contributed by atoms with Gasteiger partial charge in [-0.05, 0) is 12.5 Å². The molecule has 21 heavy (non-hydrogen) atoms. The van der Waals surface area contributed by atoms with E-state index in [4.69, 9.17) is 0 Å². The van der Waals surface area contributed by atoms with Gasteiger partial charge in [0.1, 0.15) is 5.69 Å². The fraction of sp³-hybridized carbons (Fsp3) is 0.214. The number of anilines is 1. The van der Waals surface area contributed by atoms with Crippen LogP contribution in [0.2, 0.25) is 0 Å². The summed E-state index contributed by atoms with van der Waals surface area (Å²) in [6.45, 7) is 1.87. The molecule has 0 aliphatic carbocycles. The van der Waals surface area contributed by atoms with Gasteiger partial charge in [0.05, 0.1) is 0 Å². The Bertz CT molecular complexity index is 666. The summed E-state index contributed by atoms with van der Waals surface area (Å²) >= 11 is 0. The summed E-state index contributed by atoms with van der Waals surface area (Å²) in [5.41, 5.74) is 1.66. The summed E-state index contributed by atoms with van der Waals surface area (Å²) in [6.07, 6.45) is -1.30. The molecule has 1 aromatic carbocycles. The number of nitrogens with one attached hydrogen (secondary N) is 3. The molecule has 0 bridgehead atoms. The summed E-state index contributed by atoms with van der Waals surface area (Å²) < 4.78 is 0. The maximum Gasteiger partial charge on any atom is 0.269 e. The molecule has 0 spiro atoms. The van der Waals surface area contributed by atoms with Crippen LogP contribution in [0.1, 0.15) is 27.7 Å². The lowest BCUT2D eigenvalue weighted by Gasteiger charge is -2.10. The zero-order valence-electron chi connectivity index (χ0n) is 11.7. The topological polar surface area (TPSA) is 107 Å². The minimum Gasteiger partial charge on any atom is -0.378 e. The molecule has 7 heteroatoms. The molecular weight excluding hydrogens is 272 g/mol. The smallest absolute Gasteiger partial charge is 0.269 e. The van der Waals surface area contributed by atoms with Crippen LogP contribution in [0.4, 0.5) is 5.82 Å². The Hall–Kier alpha value is -2.67. The highest BCUT2D eigenvalue weighted by atomic mass is 16.3. The van der Waals surface area contributed by atoms with Gasteiger partial charge in [-0.1, -0.05) is 29.8 Å². The molecule has 2 aromatic rings. The lowest BCUT2D eigenvalue weighted by Crippen LogP contribution is -2.21. The number of aliphatic hydroxyl groups is 1. The van der Waals surface area contributed by atoms with Crippen molar-refractivity contribution in [1.82, 2.24) is 15.5 Å². The minimum atomic E-state index is -1.30. The van der Waals surface area contributed by atoms with Crippen LogP contribution >= 0.6 is 0 Å². The molecule has 0 aliphatic rings. The molecule has 1 atom stereocenters. The van der Waals surface area contributed by atoms with E-state index in [2.05, 4.69) is 20.8 Å². The molecule has 110 valence electrons. The van der Waals surface area contributed by atoms with E-state index in [1.807, 2.05) is 13.0 Å². The first-order chi connectivity index (χ1) is 10.0. The van der Waals surface area contributed by atoms with Crippen molar-refractivity contribution in [3.63, 3.8) is 0 Å². The first-order valence-corrected chi connectivity index (χ1v) is 6.34. The number of carbonyl (C=O) groups excluding carboxylic acids is 2. The van der Waals surface area contributed by atoms with Gasteiger partial charge in [0.2, 0.25) is 0 Å². The van der Waals surface area contributed by atoms with Crippen molar-refractivity contribution in [2.45, 2.75) is 13.0 Å². The quantitative estimate of drug-likeness (QED) is 0.666. The maximum absolute atomic E-state index is 12.0. The van der Waals surface area contributed by atoms with E-state index in [9.17, 15) is 14.7 Å². The number of benzene rings is 1. The van der Waals surface area contributed by atoms with Crippen LogP contribution in [0.15, 0.2) is 30.3 Å². The summed E-state index contributed by atoms with van der Waals surface area (Å²) in [5.74, 6) is -0.789. The average Bonchev–Trinajstić information content (AvgIpc) is 2.94. The molecule has 1 unspecified atom stereocenters. The highest BCUT2D eigenvalue weighted by molar-refractivity contribution is 5.96. The lowest BCUT2D eigenvalue weighted by molar-refractivity contribution is -0.124.